The first-order valence-electron chi connectivity index (χ1n) is 5.52. The molecule has 1 N–H and O–H groups in total. The van der Waals surface area contributed by atoms with Crippen molar-refractivity contribution in [3.63, 3.8) is 0 Å². The maximum absolute atomic E-state index is 12.2. The summed E-state index contributed by atoms with van der Waals surface area (Å²) in [6.45, 7) is 2.52. The molecule has 1 rings (SSSR count). The van der Waals surface area contributed by atoms with Gasteiger partial charge in [-0.05, 0) is 18.6 Å². The molecule has 1 heterocycles. The van der Waals surface area contributed by atoms with Crippen LogP contribution in [-0.2, 0) is 0 Å². The van der Waals surface area contributed by atoms with Gasteiger partial charge in [-0.1, -0.05) is 12.8 Å². The van der Waals surface area contributed by atoms with E-state index in [0.717, 1.165) is 6.42 Å². The smallest absolute Gasteiger partial charge is 0.338 e. The van der Waals surface area contributed by atoms with Crippen molar-refractivity contribution in [3.8, 4) is 12.3 Å². The second-order valence-electron chi connectivity index (χ2n) is 3.64. The average molecular weight is 246 g/mol. The highest BCUT2D eigenvalue weighted by atomic mass is 16.4. The van der Waals surface area contributed by atoms with E-state index in [1.54, 1.807) is 0 Å². The lowest BCUT2D eigenvalue weighted by molar-refractivity contribution is 0.0676. The molecule has 0 bridgehead atoms. The summed E-state index contributed by atoms with van der Waals surface area (Å²) >= 11 is 0. The number of hydrogen-bond donors (Lipinski definition) is 1. The summed E-state index contributed by atoms with van der Waals surface area (Å²) in [4.78, 5) is 28.4. The Kier molecular flexibility index (Phi) is 4.88. The minimum atomic E-state index is -1.18. The van der Waals surface area contributed by atoms with E-state index < -0.39 is 11.9 Å². The molecule has 0 spiro atoms. The largest absolute Gasteiger partial charge is 0.478 e. The highest BCUT2D eigenvalue weighted by molar-refractivity contribution is 6.03. The summed E-state index contributed by atoms with van der Waals surface area (Å²) in [6.07, 6.45) is 7.32. The molecule has 0 aliphatic heterocycles. The number of carboxylic acid groups (broad SMARTS) is 1. The summed E-state index contributed by atoms with van der Waals surface area (Å²) in [5, 5.41) is 9.01. The minimum absolute atomic E-state index is 0.0753. The lowest BCUT2D eigenvalue weighted by Crippen LogP contribution is -2.33. The normalized spacial score (nSPS) is 9.56. The maximum Gasteiger partial charge on any atom is 0.338 e. The van der Waals surface area contributed by atoms with Gasteiger partial charge in [0.05, 0.1) is 12.1 Å². The third-order valence-electron chi connectivity index (χ3n) is 2.30. The highest BCUT2D eigenvalue weighted by Gasteiger charge is 2.21. The van der Waals surface area contributed by atoms with Gasteiger partial charge in [0, 0.05) is 12.7 Å². The predicted molar refractivity (Wildman–Crippen MR) is 66.2 cm³/mol. The number of nitrogens with zero attached hydrogens (tertiary/aromatic N) is 2. The number of amides is 1. The Morgan fingerprint density at radius 2 is 2.28 bits per heavy atom. The first-order chi connectivity index (χ1) is 8.61. The van der Waals surface area contributed by atoms with Crippen molar-refractivity contribution in [3.05, 3.63) is 29.6 Å². The fraction of sp³-hybridized carbons (Fsp3) is 0.308. The zero-order valence-corrected chi connectivity index (χ0v) is 10.1. The Labute approximate surface area is 105 Å². The molecule has 5 heteroatoms. The van der Waals surface area contributed by atoms with Gasteiger partial charge in [-0.25, -0.2) is 4.79 Å². The first kappa shape index (κ1) is 13.7. The van der Waals surface area contributed by atoms with Gasteiger partial charge in [-0.2, -0.15) is 0 Å². The molecule has 0 aliphatic carbocycles. The molecule has 0 fully saturated rings. The van der Waals surface area contributed by atoms with E-state index in [9.17, 15) is 9.59 Å². The van der Waals surface area contributed by atoms with E-state index in [2.05, 4.69) is 10.9 Å². The van der Waals surface area contributed by atoms with Crippen LogP contribution >= 0.6 is 0 Å². The van der Waals surface area contributed by atoms with Crippen LogP contribution in [0.15, 0.2) is 18.3 Å². The fourth-order valence-corrected chi connectivity index (χ4v) is 1.53. The third kappa shape index (κ3) is 3.08. The van der Waals surface area contributed by atoms with Crippen LogP contribution in [-0.4, -0.2) is 40.0 Å². The van der Waals surface area contributed by atoms with Crippen molar-refractivity contribution in [2.24, 2.45) is 0 Å². The first-order valence-corrected chi connectivity index (χ1v) is 5.52. The van der Waals surface area contributed by atoms with Crippen molar-refractivity contribution in [2.45, 2.75) is 13.3 Å². The second kappa shape index (κ2) is 6.40. The molecule has 0 aromatic carbocycles. The molecule has 94 valence electrons. The van der Waals surface area contributed by atoms with Gasteiger partial charge in [0.25, 0.3) is 5.91 Å². The quantitative estimate of drug-likeness (QED) is 0.794. The monoisotopic (exact) mass is 246 g/mol. The molecule has 0 aliphatic rings. The Morgan fingerprint density at radius 1 is 1.56 bits per heavy atom. The van der Waals surface area contributed by atoms with Gasteiger partial charge in [0.2, 0.25) is 0 Å². The SMILES string of the molecule is C#CCN(CCC)C(=O)c1ncccc1C(=O)O. The van der Waals surface area contributed by atoms with Crippen LogP contribution in [0.2, 0.25) is 0 Å². The molecule has 5 nitrogen and oxygen atoms in total. The van der Waals surface area contributed by atoms with Gasteiger partial charge in [0.1, 0.15) is 5.69 Å². The van der Waals surface area contributed by atoms with E-state index in [1.807, 2.05) is 6.92 Å². The number of carboxylic acids is 1. The van der Waals surface area contributed by atoms with Crippen molar-refractivity contribution in [1.29, 1.82) is 0 Å². The standard InChI is InChI=1S/C13H14N2O3/c1-3-8-15(9-4-2)12(16)11-10(13(17)18)6-5-7-14-11/h1,5-7H,4,8-9H2,2H3,(H,17,18). The predicted octanol–water partition coefficient (Wildman–Crippen LogP) is 1.27. The van der Waals surface area contributed by atoms with Gasteiger partial charge in [-0.15, -0.1) is 6.42 Å². The number of pyridine rings is 1. The third-order valence-corrected chi connectivity index (χ3v) is 2.30. The van der Waals surface area contributed by atoms with Crippen LogP contribution in [0.4, 0.5) is 0 Å². The van der Waals surface area contributed by atoms with Crippen LogP contribution in [0.1, 0.15) is 34.2 Å². The molecule has 0 atom stereocenters. The fourth-order valence-electron chi connectivity index (χ4n) is 1.53. The van der Waals surface area contributed by atoms with Gasteiger partial charge in [-0.3, -0.25) is 9.78 Å². The number of hydrogen-bond acceptors (Lipinski definition) is 3. The van der Waals surface area contributed by atoms with Crippen molar-refractivity contribution in [2.75, 3.05) is 13.1 Å². The van der Waals surface area contributed by atoms with Gasteiger partial charge < -0.3 is 10.0 Å². The van der Waals surface area contributed by atoms with Crippen LogP contribution < -0.4 is 0 Å². The number of carbonyl (C=O) groups is 2. The molecule has 0 saturated carbocycles. The summed E-state index contributed by atoms with van der Waals surface area (Å²) in [5.41, 5.74) is -0.186. The molecule has 0 unspecified atom stereocenters. The van der Waals surface area contributed by atoms with Crippen molar-refractivity contribution in [1.82, 2.24) is 9.88 Å². The zero-order valence-electron chi connectivity index (χ0n) is 10.1. The van der Waals surface area contributed by atoms with Crippen molar-refractivity contribution < 1.29 is 14.7 Å². The van der Waals surface area contributed by atoms with Crippen LogP contribution in [0.25, 0.3) is 0 Å². The Morgan fingerprint density at radius 3 is 2.83 bits per heavy atom. The van der Waals surface area contributed by atoms with E-state index in [1.165, 1.54) is 23.2 Å². The van der Waals surface area contributed by atoms with E-state index in [0.29, 0.717) is 6.54 Å². The van der Waals surface area contributed by atoms with Crippen LogP contribution in [0.3, 0.4) is 0 Å². The van der Waals surface area contributed by atoms with Crippen LogP contribution in [0.5, 0.6) is 0 Å². The number of terminal acetylenes is 1. The average Bonchev–Trinajstić information content (AvgIpc) is 2.37. The molecule has 0 radical (unpaired) electrons. The Balaban J connectivity index is 3.09. The number of carbonyl (C=O) groups excluding carboxylic acids is 1. The molecular weight excluding hydrogens is 232 g/mol. The lowest BCUT2D eigenvalue weighted by atomic mass is 10.1. The Hall–Kier alpha value is -2.35. The minimum Gasteiger partial charge on any atom is -0.478 e. The molecule has 1 aromatic heterocycles. The van der Waals surface area contributed by atoms with Gasteiger partial charge in [0.15, 0.2) is 0 Å². The molecule has 0 saturated heterocycles. The zero-order chi connectivity index (χ0) is 13.5. The van der Waals surface area contributed by atoms with E-state index >= 15 is 0 Å². The summed E-state index contributed by atoms with van der Waals surface area (Å²) in [5.74, 6) is 0.754. The van der Waals surface area contributed by atoms with E-state index in [-0.39, 0.29) is 17.8 Å². The maximum atomic E-state index is 12.2. The molecule has 18 heavy (non-hydrogen) atoms. The Bertz CT molecular complexity index is 491. The topological polar surface area (TPSA) is 70.5 Å². The lowest BCUT2D eigenvalue weighted by Gasteiger charge is -2.19. The van der Waals surface area contributed by atoms with Crippen molar-refractivity contribution >= 4 is 11.9 Å². The molecular formula is C13H14N2O3. The molecule has 1 amide bonds. The molecule has 1 aromatic rings. The number of aromatic nitrogens is 1. The van der Waals surface area contributed by atoms with E-state index in [4.69, 9.17) is 11.5 Å². The van der Waals surface area contributed by atoms with Crippen LogP contribution in [0, 0.1) is 12.3 Å². The van der Waals surface area contributed by atoms with Gasteiger partial charge >= 0.3 is 5.97 Å². The summed E-state index contributed by atoms with van der Waals surface area (Å²) in [6, 6.07) is 2.83. The highest BCUT2D eigenvalue weighted by Crippen LogP contribution is 2.09. The number of aromatic carboxylic acids is 1. The summed E-state index contributed by atoms with van der Waals surface area (Å²) < 4.78 is 0. The number of rotatable bonds is 5. The summed E-state index contributed by atoms with van der Waals surface area (Å²) in [7, 11) is 0. The second-order valence-corrected chi connectivity index (χ2v) is 3.64.